The topological polar surface area (TPSA) is 65.8 Å². The summed E-state index contributed by atoms with van der Waals surface area (Å²) in [4.78, 5) is 27.2. The van der Waals surface area contributed by atoms with Crippen LogP contribution in [0.5, 0.6) is 0 Å². The molecule has 0 spiro atoms. The molecule has 6 nitrogen and oxygen atoms in total. The zero-order valence-corrected chi connectivity index (χ0v) is 13.6. The zero-order valence-electron chi connectivity index (χ0n) is 13.6. The lowest BCUT2D eigenvalue weighted by Crippen LogP contribution is -2.29. The molecular formula is C17H21N3O3. The Morgan fingerprint density at radius 1 is 1.09 bits per heavy atom. The number of carbonyl (C=O) groups excluding carboxylic acids is 2. The summed E-state index contributed by atoms with van der Waals surface area (Å²) in [6, 6.07) is 10.5. The summed E-state index contributed by atoms with van der Waals surface area (Å²) in [7, 11) is 5.25. The Kier molecular flexibility index (Phi) is 5.54. The molecule has 0 bridgehead atoms. The van der Waals surface area contributed by atoms with Crippen LogP contribution in [0.1, 0.15) is 16.1 Å². The number of likely N-dealkylation sites (N-methyl/N-ethyl adjacent to an activating group) is 1. The van der Waals surface area contributed by atoms with Gasteiger partial charge in [0.1, 0.15) is 5.76 Å². The number of benzene rings is 1. The molecule has 0 aliphatic rings. The highest BCUT2D eigenvalue weighted by Crippen LogP contribution is 2.11. The van der Waals surface area contributed by atoms with E-state index in [1.807, 2.05) is 24.1 Å². The standard InChI is InChI=1S/C17H21N3O3/c1-19(2)17(22)13-6-8-14(9-7-13)18-16(21)12-20(3)11-15-5-4-10-23-15/h4-10H,11-12H2,1-3H3,(H,18,21). The third-order valence-corrected chi connectivity index (χ3v) is 3.24. The van der Waals surface area contributed by atoms with Gasteiger partial charge in [-0.3, -0.25) is 14.5 Å². The summed E-state index contributed by atoms with van der Waals surface area (Å²) in [5, 5.41) is 2.81. The lowest BCUT2D eigenvalue weighted by atomic mass is 10.2. The van der Waals surface area contributed by atoms with Crippen LogP contribution in [0.4, 0.5) is 5.69 Å². The van der Waals surface area contributed by atoms with Crippen molar-refractivity contribution in [2.45, 2.75) is 6.54 Å². The number of amides is 2. The van der Waals surface area contributed by atoms with Gasteiger partial charge in [0.15, 0.2) is 0 Å². The minimum atomic E-state index is -0.120. The highest BCUT2D eigenvalue weighted by molar-refractivity contribution is 5.95. The predicted molar refractivity (Wildman–Crippen MR) is 88.1 cm³/mol. The van der Waals surface area contributed by atoms with Gasteiger partial charge in [-0.25, -0.2) is 0 Å². The van der Waals surface area contributed by atoms with Gasteiger partial charge in [-0.1, -0.05) is 0 Å². The van der Waals surface area contributed by atoms with Crippen molar-refractivity contribution in [2.24, 2.45) is 0 Å². The molecule has 0 fully saturated rings. The number of hydrogen-bond donors (Lipinski definition) is 1. The maximum absolute atomic E-state index is 12.0. The molecular weight excluding hydrogens is 294 g/mol. The van der Waals surface area contributed by atoms with Crippen LogP contribution < -0.4 is 5.32 Å². The molecule has 1 heterocycles. The van der Waals surface area contributed by atoms with Gasteiger partial charge < -0.3 is 14.6 Å². The molecule has 6 heteroatoms. The lowest BCUT2D eigenvalue weighted by molar-refractivity contribution is -0.117. The Morgan fingerprint density at radius 2 is 1.78 bits per heavy atom. The number of nitrogens with one attached hydrogen (secondary N) is 1. The van der Waals surface area contributed by atoms with E-state index in [0.29, 0.717) is 17.8 Å². The van der Waals surface area contributed by atoms with Gasteiger partial charge in [0, 0.05) is 25.3 Å². The van der Waals surface area contributed by atoms with Crippen molar-refractivity contribution in [2.75, 3.05) is 33.0 Å². The highest BCUT2D eigenvalue weighted by Gasteiger charge is 2.10. The smallest absolute Gasteiger partial charge is 0.253 e. The Balaban J connectivity index is 1.86. The highest BCUT2D eigenvalue weighted by atomic mass is 16.3. The lowest BCUT2D eigenvalue weighted by Gasteiger charge is -2.15. The quantitative estimate of drug-likeness (QED) is 0.886. The summed E-state index contributed by atoms with van der Waals surface area (Å²) in [5.74, 6) is 0.624. The first-order valence-electron chi connectivity index (χ1n) is 7.28. The normalized spacial score (nSPS) is 10.6. The van der Waals surface area contributed by atoms with E-state index in [0.717, 1.165) is 5.76 Å². The van der Waals surface area contributed by atoms with Crippen molar-refractivity contribution in [3.63, 3.8) is 0 Å². The molecule has 2 amide bonds. The van der Waals surface area contributed by atoms with Crippen molar-refractivity contribution < 1.29 is 14.0 Å². The van der Waals surface area contributed by atoms with Crippen molar-refractivity contribution in [1.82, 2.24) is 9.80 Å². The largest absolute Gasteiger partial charge is 0.468 e. The molecule has 0 saturated carbocycles. The maximum atomic E-state index is 12.0. The molecule has 2 rings (SSSR count). The second-order valence-electron chi connectivity index (χ2n) is 5.58. The van der Waals surface area contributed by atoms with E-state index in [1.165, 1.54) is 4.90 Å². The van der Waals surface area contributed by atoms with Gasteiger partial charge in [-0.15, -0.1) is 0 Å². The molecule has 0 atom stereocenters. The predicted octanol–water partition coefficient (Wildman–Crippen LogP) is 2.05. The minimum Gasteiger partial charge on any atom is -0.468 e. The summed E-state index contributed by atoms with van der Waals surface area (Å²) in [5.41, 5.74) is 1.25. The van der Waals surface area contributed by atoms with Crippen LogP contribution in [-0.4, -0.2) is 49.3 Å². The first-order valence-corrected chi connectivity index (χ1v) is 7.28. The fraction of sp³-hybridized carbons (Fsp3) is 0.294. The molecule has 1 N–H and O–H groups in total. The van der Waals surface area contributed by atoms with Crippen LogP contribution in [0.25, 0.3) is 0 Å². The third-order valence-electron chi connectivity index (χ3n) is 3.24. The third kappa shape index (κ3) is 4.96. The van der Waals surface area contributed by atoms with Crippen LogP contribution in [0.2, 0.25) is 0 Å². The van der Waals surface area contributed by atoms with E-state index >= 15 is 0 Å². The number of hydrogen-bond acceptors (Lipinski definition) is 4. The van der Waals surface area contributed by atoms with E-state index in [2.05, 4.69) is 5.32 Å². The summed E-state index contributed by atoms with van der Waals surface area (Å²) >= 11 is 0. The Morgan fingerprint density at radius 3 is 2.35 bits per heavy atom. The van der Waals surface area contributed by atoms with Crippen molar-refractivity contribution in [1.29, 1.82) is 0 Å². The van der Waals surface area contributed by atoms with Crippen molar-refractivity contribution in [3.8, 4) is 0 Å². The molecule has 122 valence electrons. The molecule has 0 saturated heterocycles. The first-order chi connectivity index (χ1) is 11.0. The van der Waals surface area contributed by atoms with E-state index in [-0.39, 0.29) is 18.4 Å². The molecule has 0 aliphatic carbocycles. The number of carbonyl (C=O) groups is 2. The number of rotatable bonds is 6. The fourth-order valence-electron chi connectivity index (χ4n) is 2.12. The molecule has 1 aromatic carbocycles. The Hall–Kier alpha value is -2.60. The van der Waals surface area contributed by atoms with Crippen LogP contribution >= 0.6 is 0 Å². The molecule has 2 aromatic rings. The van der Waals surface area contributed by atoms with Crippen LogP contribution in [0.15, 0.2) is 47.1 Å². The zero-order chi connectivity index (χ0) is 16.8. The van der Waals surface area contributed by atoms with Gasteiger partial charge in [-0.05, 0) is 43.4 Å². The average molecular weight is 315 g/mol. The molecule has 23 heavy (non-hydrogen) atoms. The van der Waals surface area contributed by atoms with E-state index < -0.39 is 0 Å². The number of furan rings is 1. The molecule has 0 aliphatic heterocycles. The SMILES string of the molecule is CN(CC(=O)Nc1ccc(C(=O)N(C)C)cc1)Cc1ccco1. The van der Waals surface area contributed by atoms with Gasteiger partial charge >= 0.3 is 0 Å². The van der Waals surface area contributed by atoms with E-state index in [1.54, 1.807) is 44.6 Å². The summed E-state index contributed by atoms with van der Waals surface area (Å²) < 4.78 is 5.25. The van der Waals surface area contributed by atoms with Gasteiger partial charge in [-0.2, -0.15) is 0 Å². The van der Waals surface area contributed by atoms with Crippen LogP contribution in [0, 0.1) is 0 Å². The summed E-state index contributed by atoms with van der Waals surface area (Å²) in [6.45, 7) is 0.815. The number of nitrogens with zero attached hydrogens (tertiary/aromatic N) is 2. The maximum Gasteiger partial charge on any atom is 0.253 e. The number of anilines is 1. The van der Waals surface area contributed by atoms with E-state index in [9.17, 15) is 9.59 Å². The van der Waals surface area contributed by atoms with Gasteiger partial charge in [0.25, 0.3) is 5.91 Å². The average Bonchev–Trinajstić information content (AvgIpc) is 2.99. The molecule has 1 aromatic heterocycles. The fourth-order valence-corrected chi connectivity index (χ4v) is 2.12. The van der Waals surface area contributed by atoms with E-state index in [4.69, 9.17) is 4.42 Å². The minimum absolute atomic E-state index is 0.0685. The Labute approximate surface area is 135 Å². The van der Waals surface area contributed by atoms with Crippen molar-refractivity contribution >= 4 is 17.5 Å². The summed E-state index contributed by atoms with van der Waals surface area (Å²) in [6.07, 6.45) is 1.61. The van der Waals surface area contributed by atoms with Crippen molar-refractivity contribution in [3.05, 3.63) is 54.0 Å². The van der Waals surface area contributed by atoms with Crippen LogP contribution in [-0.2, 0) is 11.3 Å². The second kappa shape index (κ2) is 7.60. The molecule has 0 radical (unpaired) electrons. The first kappa shape index (κ1) is 16.8. The monoisotopic (exact) mass is 315 g/mol. The molecule has 0 unspecified atom stereocenters. The Bertz CT molecular complexity index is 648. The van der Waals surface area contributed by atoms with Gasteiger partial charge in [0.2, 0.25) is 5.91 Å². The second-order valence-corrected chi connectivity index (χ2v) is 5.58. The van der Waals surface area contributed by atoms with Crippen LogP contribution in [0.3, 0.4) is 0 Å². The van der Waals surface area contributed by atoms with Gasteiger partial charge in [0.05, 0.1) is 19.4 Å².